The molecule has 6 nitrogen and oxygen atoms in total. The van der Waals surface area contributed by atoms with Crippen molar-refractivity contribution in [2.45, 2.75) is 6.61 Å². The van der Waals surface area contributed by atoms with E-state index in [2.05, 4.69) is 15.5 Å². The molecule has 0 saturated heterocycles. The Morgan fingerprint density at radius 3 is 2.88 bits per heavy atom. The fourth-order valence-corrected chi connectivity index (χ4v) is 3.03. The highest BCUT2D eigenvalue weighted by molar-refractivity contribution is 6.61. The quantitative estimate of drug-likeness (QED) is 0.630. The SMILES string of the molecule is O=C(Nc1cc(-c2ccccc2)[nH]n1)c1cc2c(cc1Cl)COB2O. The van der Waals surface area contributed by atoms with Gasteiger partial charge in [-0.3, -0.25) is 9.89 Å². The normalized spacial score (nSPS) is 13.0. The Labute approximate surface area is 148 Å². The number of benzene rings is 2. The topological polar surface area (TPSA) is 87.2 Å². The van der Waals surface area contributed by atoms with Crippen LogP contribution in [-0.4, -0.2) is 28.2 Å². The number of H-pyrrole nitrogens is 1. The van der Waals surface area contributed by atoms with Crippen molar-refractivity contribution in [3.63, 3.8) is 0 Å². The molecule has 1 aliphatic heterocycles. The Balaban J connectivity index is 1.57. The summed E-state index contributed by atoms with van der Waals surface area (Å²) in [4.78, 5) is 12.5. The number of anilines is 1. The predicted octanol–water partition coefficient (Wildman–Crippen LogP) is 2.20. The van der Waals surface area contributed by atoms with E-state index in [1.54, 1.807) is 18.2 Å². The summed E-state index contributed by atoms with van der Waals surface area (Å²) in [6.45, 7) is 0.276. The van der Waals surface area contributed by atoms with E-state index in [0.29, 0.717) is 16.3 Å². The minimum Gasteiger partial charge on any atom is -0.423 e. The summed E-state index contributed by atoms with van der Waals surface area (Å²) >= 11 is 6.19. The second-order valence-corrected chi connectivity index (χ2v) is 6.09. The van der Waals surface area contributed by atoms with Crippen LogP contribution in [0.3, 0.4) is 0 Å². The van der Waals surface area contributed by atoms with E-state index < -0.39 is 13.0 Å². The molecule has 1 aliphatic rings. The van der Waals surface area contributed by atoms with Gasteiger partial charge in [0.25, 0.3) is 5.91 Å². The number of aromatic nitrogens is 2. The molecule has 25 heavy (non-hydrogen) atoms. The minimum atomic E-state index is -1.03. The second-order valence-electron chi connectivity index (χ2n) is 5.68. The van der Waals surface area contributed by atoms with Gasteiger partial charge in [0.2, 0.25) is 0 Å². The molecule has 1 aromatic heterocycles. The third-order valence-electron chi connectivity index (χ3n) is 4.04. The van der Waals surface area contributed by atoms with E-state index in [9.17, 15) is 9.82 Å². The lowest BCUT2D eigenvalue weighted by Crippen LogP contribution is -2.29. The number of hydrogen-bond acceptors (Lipinski definition) is 4. The molecule has 0 aliphatic carbocycles. The third-order valence-corrected chi connectivity index (χ3v) is 4.35. The highest BCUT2D eigenvalue weighted by Crippen LogP contribution is 2.23. The van der Waals surface area contributed by atoms with Crippen LogP contribution in [0.2, 0.25) is 5.02 Å². The van der Waals surface area contributed by atoms with Crippen LogP contribution in [-0.2, 0) is 11.3 Å². The Morgan fingerprint density at radius 1 is 1.28 bits per heavy atom. The van der Waals surface area contributed by atoms with Crippen molar-refractivity contribution in [3.8, 4) is 11.3 Å². The molecule has 3 aromatic rings. The lowest BCUT2D eigenvalue weighted by Gasteiger charge is -2.07. The van der Waals surface area contributed by atoms with Crippen molar-refractivity contribution in [3.05, 3.63) is 64.7 Å². The van der Waals surface area contributed by atoms with E-state index in [0.717, 1.165) is 16.8 Å². The van der Waals surface area contributed by atoms with E-state index >= 15 is 0 Å². The first-order valence-electron chi connectivity index (χ1n) is 7.66. The van der Waals surface area contributed by atoms with Crippen LogP contribution in [0, 0.1) is 0 Å². The number of aromatic amines is 1. The summed E-state index contributed by atoms with van der Waals surface area (Å²) in [5.74, 6) is -0.0183. The molecule has 0 saturated carbocycles. The summed E-state index contributed by atoms with van der Waals surface area (Å²) in [6.07, 6.45) is 0. The van der Waals surface area contributed by atoms with Gasteiger partial charge in [-0.15, -0.1) is 0 Å². The third kappa shape index (κ3) is 3.05. The monoisotopic (exact) mass is 353 g/mol. The van der Waals surface area contributed by atoms with E-state index in [1.165, 1.54) is 0 Å². The van der Waals surface area contributed by atoms with Crippen LogP contribution in [0.25, 0.3) is 11.3 Å². The number of fused-ring (bicyclic) bond motifs is 1. The van der Waals surface area contributed by atoms with Gasteiger partial charge in [0.1, 0.15) is 0 Å². The maximum absolute atomic E-state index is 12.5. The maximum Gasteiger partial charge on any atom is 0.491 e. The van der Waals surface area contributed by atoms with Gasteiger partial charge in [0.15, 0.2) is 5.82 Å². The lowest BCUT2D eigenvalue weighted by molar-refractivity contribution is 0.102. The number of carbonyl (C=O) groups excluding carboxylic acids is 1. The predicted molar refractivity (Wildman–Crippen MR) is 95.8 cm³/mol. The second kappa shape index (κ2) is 6.36. The van der Waals surface area contributed by atoms with Gasteiger partial charge in [-0.2, -0.15) is 5.10 Å². The largest absolute Gasteiger partial charge is 0.491 e. The van der Waals surface area contributed by atoms with Crippen LogP contribution in [0.4, 0.5) is 5.82 Å². The van der Waals surface area contributed by atoms with Gasteiger partial charge in [-0.1, -0.05) is 41.9 Å². The fraction of sp³-hybridized carbons (Fsp3) is 0.0588. The number of carbonyl (C=O) groups is 1. The van der Waals surface area contributed by atoms with Crippen LogP contribution in [0.1, 0.15) is 15.9 Å². The average Bonchev–Trinajstić information content (AvgIpc) is 3.22. The van der Waals surface area contributed by atoms with Crippen molar-refractivity contribution in [2.75, 3.05) is 5.32 Å². The Bertz CT molecular complexity index is 946. The molecule has 0 spiro atoms. The van der Waals surface area contributed by atoms with E-state index in [1.807, 2.05) is 30.3 Å². The zero-order valence-electron chi connectivity index (χ0n) is 13.0. The van der Waals surface area contributed by atoms with Crippen molar-refractivity contribution in [1.82, 2.24) is 10.2 Å². The van der Waals surface area contributed by atoms with E-state index in [-0.39, 0.29) is 12.2 Å². The number of nitrogens with zero attached hydrogens (tertiary/aromatic N) is 1. The summed E-state index contributed by atoms with van der Waals surface area (Å²) in [7, 11) is -1.03. The number of amides is 1. The van der Waals surface area contributed by atoms with Gasteiger partial charge in [0, 0.05) is 6.07 Å². The standard InChI is InChI=1S/C17H13BClN3O3/c19-14-6-11-9-25-18(24)13(11)7-12(14)17(23)20-16-8-15(21-22-16)10-4-2-1-3-5-10/h1-8,24H,9H2,(H2,20,21,22,23). The summed E-state index contributed by atoms with van der Waals surface area (Å²) in [5.41, 5.74) is 3.35. The molecule has 0 unspecified atom stereocenters. The Morgan fingerprint density at radius 2 is 2.08 bits per heavy atom. The van der Waals surface area contributed by atoms with Crippen LogP contribution in [0.15, 0.2) is 48.5 Å². The average molecular weight is 354 g/mol. The zero-order valence-corrected chi connectivity index (χ0v) is 13.7. The molecule has 8 heteroatoms. The Kier molecular flexibility index (Phi) is 4.05. The van der Waals surface area contributed by atoms with Crippen molar-refractivity contribution in [1.29, 1.82) is 0 Å². The fourth-order valence-electron chi connectivity index (χ4n) is 2.75. The molecule has 2 aromatic carbocycles. The van der Waals surface area contributed by atoms with E-state index in [4.69, 9.17) is 16.3 Å². The highest BCUT2D eigenvalue weighted by Gasteiger charge is 2.29. The van der Waals surface area contributed by atoms with Crippen LogP contribution >= 0.6 is 11.6 Å². The molecule has 124 valence electrons. The molecule has 0 bridgehead atoms. The van der Waals surface area contributed by atoms with Gasteiger partial charge >= 0.3 is 7.12 Å². The van der Waals surface area contributed by atoms with Crippen LogP contribution in [0.5, 0.6) is 0 Å². The molecular weight excluding hydrogens is 340 g/mol. The molecule has 1 amide bonds. The maximum atomic E-state index is 12.5. The summed E-state index contributed by atoms with van der Waals surface area (Å²) < 4.78 is 5.13. The smallest absolute Gasteiger partial charge is 0.423 e. The van der Waals surface area contributed by atoms with Gasteiger partial charge in [-0.25, -0.2) is 0 Å². The Hall–Kier alpha value is -2.61. The first-order valence-corrected chi connectivity index (χ1v) is 8.04. The number of rotatable bonds is 3. The first-order chi connectivity index (χ1) is 12.1. The molecule has 4 rings (SSSR count). The highest BCUT2D eigenvalue weighted by atomic mass is 35.5. The number of halogens is 1. The van der Waals surface area contributed by atoms with Gasteiger partial charge in [0.05, 0.1) is 22.9 Å². The van der Waals surface area contributed by atoms with Crippen LogP contribution < -0.4 is 10.8 Å². The summed E-state index contributed by atoms with van der Waals surface area (Å²) in [5, 5.41) is 19.8. The molecule has 0 fully saturated rings. The molecule has 3 N–H and O–H groups in total. The summed E-state index contributed by atoms with van der Waals surface area (Å²) in [6, 6.07) is 14.6. The number of hydrogen-bond donors (Lipinski definition) is 3. The minimum absolute atomic E-state index is 0.259. The van der Waals surface area contributed by atoms with Crippen molar-refractivity contribution < 1.29 is 14.5 Å². The zero-order chi connectivity index (χ0) is 17.4. The molecule has 0 radical (unpaired) electrons. The number of nitrogens with one attached hydrogen (secondary N) is 2. The van der Waals surface area contributed by atoms with Crippen molar-refractivity contribution in [2.24, 2.45) is 0 Å². The first kappa shape index (κ1) is 15.9. The molecular formula is C17H13BClN3O3. The van der Waals surface area contributed by atoms with Gasteiger partial charge in [-0.05, 0) is 28.7 Å². The van der Waals surface area contributed by atoms with Gasteiger partial charge < -0.3 is 15.0 Å². The van der Waals surface area contributed by atoms with Crippen molar-refractivity contribution >= 4 is 35.9 Å². The lowest BCUT2D eigenvalue weighted by atomic mass is 9.78. The molecule has 2 heterocycles. The molecule has 0 atom stereocenters.